The second kappa shape index (κ2) is 9.32. The van der Waals surface area contributed by atoms with Crippen LogP contribution in [0.5, 0.6) is 5.75 Å². The van der Waals surface area contributed by atoms with E-state index in [4.69, 9.17) is 9.15 Å². The highest BCUT2D eigenvalue weighted by molar-refractivity contribution is 5.86. The molecule has 4 aromatic rings. The lowest BCUT2D eigenvalue weighted by Crippen LogP contribution is -2.29. The van der Waals surface area contributed by atoms with Gasteiger partial charge in [-0.25, -0.2) is 9.18 Å². The number of aromatic amines is 1. The summed E-state index contributed by atoms with van der Waals surface area (Å²) in [5, 5.41) is 4.38. The van der Waals surface area contributed by atoms with Crippen molar-refractivity contribution in [3.63, 3.8) is 0 Å². The van der Waals surface area contributed by atoms with Crippen molar-refractivity contribution in [1.29, 1.82) is 0 Å². The van der Waals surface area contributed by atoms with Gasteiger partial charge in [0.05, 0.1) is 12.0 Å². The van der Waals surface area contributed by atoms with Gasteiger partial charge in [-0.15, -0.1) is 0 Å². The number of carbonyl (C=O) groups excluding carboxylic acids is 1. The summed E-state index contributed by atoms with van der Waals surface area (Å²) in [5.41, 5.74) is 3.53. The van der Waals surface area contributed by atoms with Crippen LogP contribution in [0, 0.1) is 12.7 Å². The molecule has 6 nitrogen and oxygen atoms in total. The summed E-state index contributed by atoms with van der Waals surface area (Å²) in [7, 11) is 0. The monoisotopic (exact) mass is 448 g/mol. The molecule has 0 atom stereocenters. The van der Waals surface area contributed by atoms with E-state index in [9.17, 15) is 14.0 Å². The van der Waals surface area contributed by atoms with Crippen LogP contribution in [0.25, 0.3) is 21.9 Å². The quantitative estimate of drug-likeness (QED) is 0.305. The number of aromatic nitrogens is 1. The molecule has 2 aromatic heterocycles. The van der Waals surface area contributed by atoms with E-state index >= 15 is 0 Å². The van der Waals surface area contributed by atoms with E-state index in [1.54, 1.807) is 25.1 Å². The van der Waals surface area contributed by atoms with Crippen LogP contribution in [0.4, 0.5) is 4.39 Å². The van der Waals surface area contributed by atoms with E-state index in [0.29, 0.717) is 42.0 Å². The fraction of sp³-hybridized carbons (Fsp3) is 0.231. The predicted octanol–water partition coefficient (Wildman–Crippen LogP) is 4.58. The zero-order chi connectivity index (χ0) is 23.5. The molecule has 0 unspecified atom stereocenters. The minimum Gasteiger partial charge on any atom is -0.489 e. The first-order valence-electron chi connectivity index (χ1n) is 10.7. The van der Waals surface area contributed by atoms with E-state index in [2.05, 4.69) is 16.9 Å². The average molecular weight is 448 g/mol. The van der Waals surface area contributed by atoms with Gasteiger partial charge >= 0.3 is 5.63 Å². The van der Waals surface area contributed by atoms with Crippen molar-refractivity contribution in [1.82, 2.24) is 10.3 Å². The molecule has 2 aromatic carbocycles. The molecule has 4 rings (SSSR count). The molecule has 0 aliphatic heterocycles. The van der Waals surface area contributed by atoms with E-state index in [1.165, 1.54) is 12.1 Å². The number of carbonyl (C=O) groups is 1. The number of benzene rings is 2. The number of aryl methyl sites for hydroxylation is 1. The summed E-state index contributed by atoms with van der Waals surface area (Å²) in [5.74, 6) is -0.00622. The molecule has 0 fully saturated rings. The van der Waals surface area contributed by atoms with Gasteiger partial charge in [0.1, 0.15) is 23.8 Å². The lowest BCUT2D eigenvalue weighted by Gasteiger charge is -2.10. The SMILES string of the molecule is C=C(C)COc1ccc2c(C)c(CC(=O)NCCc3c[nH]c4ccc(F)cc34)c(=O)oc2c1. The first-order valence-corrected chi connectivity index (χ1v) is 10.7. The molecule has 2 N–H and O–H groups in total. The number of nitrogens with one attached hydrogen (secondary N) is 2. The van der Waals surface area contributed by atoms with E-state index in [-0.39, 0.29) is 18.1 Å². The van der Waals surface area contributed by atoms with Crippen molar-refractivity contribution < 1.29 is 18.3 Å². The van der Waals surface area contributed by atoms with Crippen LogP contribution in [0.1, 0.15) is 23.6 Å². The molecule has 2 heterocycles. The number of hydrogen-bond donors (Lipinski definition) is 2. The molecular formula is C26H25FN2O4. The third-order valence-corrected chi connectivity index (χ3v) is 5.53. The third-order valence-electron chi connectivity index (χ3n) is 5.53. The van der Waals surface area contributed by atoms with Crippen molar-refractivity contribution in [3.05, 3.63) is 87.7 Å². The van der Waals surface area contributed by atoms with Gasteiger partial charge in [-0.3, -0.25) is 4.79 Å². The van der Waals surface area contributed by atoms with Gasteiger partial charge in [-0.2, -0.15) is 0 Å². The minimum absolute atomic E-state index is 0.0828. The van der Waals surface area contributed by atoms with Crippen molar-refractivity contribution in [2.45, 2.75) is 26.7 Å². The van der Waals surface area contributed by atoms with Crippen LogP contribution in [0.3, 0.4) is 0 Å². The Morgan fingerprint density at radius 2 is 2.03 bits per heavy atom. The Hall–Kier alpha value is -3.87. The lowest BCUT2D eigenvalue weighted by molar-refractivity contribution is -0.120. The molecule has 0 aliphatic rings. The lowest BCUT2D eigenvalue weighted by atomic mass is 10.0. The van der Waals surface area contributed by atoms with Crippen molar-refractivity contribution in [2.24, 2.45) is 0 Å². The van der Waals surface area contributed by atoms with Crippen molar-refractivity contribution in [3.8, 4) is 5.75 Å². The predicted molar refractivity (Wildman–Crippen MR) is 126 cm³/mol. The van der Waals surface area contributed by atoms with Gasteiger partial charge in [0.2, 0.25) is 5.91 Å². The molecule has 0 radical (unpaired) electrons. The average Bonchev–Trinajstić information content (AvgIpc) is 3.17. The summed E-state index contributed by atoms with van der Waals surface area (Å²) >= 11 is 0. The van der Waals surface area contributed by atoms with E-state index in [0.717, 1.165) is 27.4 Å². The third kappa shape index (κ3) is 4.98. The molecule has 33 heavy (non-hydrogen) atoms. The number of fused-ring (bicyclic) bond motifs is 2. The minimum atomic E-state index is -0.542. The fourth-order valence-electron chi connectivity index (χ4n) is 3.79. The number of ether oxygens (including phenoxy) is 1. The molecule has 170 valence electrons. The molecular weight excluding hydrogens is 423 g/mol. The molecule has 1 amide bonds. The Bertz CT molecular complexity index is 1420. The summed E-state index contributed by atoms with van der Waals surface area (Å²) in [6.07, 6.45) is 2.26. The van der Waals surface area contributed by atoms with Crippen LogP contribution >= 0.6 is 0 Å². The van der Waals surface area contributed by atoms with Gasteiger partial charge in [0.25, 0.3) is 0 Å². The highest BCUT2D eigenvalue weighted by atomic mass is 19.1. The topological polar surface area (TPSA) is 84.3 Å². The van der Waals surface area contributed by atoms with Crippen LogP contribution in [0.2, 0.25) is 0 Å². The number of halogens is 1. The normalized spacial score (nSPS) is 11.1. The molecule has 0 saturated carbocycles. The molecule has 0 aliphatic carbocycles. The Morgan fingerprint density at radius 3 is 2.82 bits per heavy atom. The van der Waals surface area contributed by atoms with Gasteiger partial charge in [-0.1, -0.05) is 6.58 Å². The van der Waals surface area contributed by atoms with Crippen LogP contribution in [-0.2, 0) is 17.6 Å². The van der Waals surface area contributed by atoms with Crippen LogP contribution < -0.4 is 15.7 Å². The molecule has 0 bridgehead atoms. The maximum absolute atomic E-state index is 13.5. The van der Waals surface area contributed by atoms with Crippen molar-refractivity contribution >= 4 is 27.8 Å². The fourth-order valence-corrected chi connectivity index (χ4v) is 3.79. The maximum Gasteiger partial charge on any atom is 0.340 e. The molecule has 0 saturated heterocycles. The second-order valence-corrected chi connectivity index (χ2v) is 8.18. The van der Waals surface area contributed by atoms with E-state index in [1.807, 2.05) is 19.2 Å². The van der Waals surface area contributed by atoms with Gasteiger partial charge < -0.3 is 19.5 Å². The highest BCUT2D eigenvalue weighted by Gasteiger charge is 2.16. The first kappa shape index (κ1) is 22.3. The van der Waals surface area contributed by atoms with Gasteiger partial charge in [0.15, 0.2) is 0 Å². The Kier molecular flexibility index (Phi) is 6.31. The summed E-state index contributed by atoms with van der Waals surface area (Å²) in [4.78, 5) is 28.2. The number of rotatable bonds is 8. The number of hydrogen-bond acceptors (Lipinski definition) is 4. The maximum atomic E-state index is 13.5. The first-order chi connectivity index (χ1) is 15.8. The van der Waals surface area contributed by atoms with Crippen molar-refractivity contribution in [2.75, 3.05) is 13.2 Å². The summed E-state index contributed by atoms with van der Waals surface area (Å²) < 4.78 is 24.6. The zero-order valence-corrected chi connectivity index (χ0v) is 18.6. The number of amides is 1. The molecule has 0 spiro atoms. The molecule has 7 heteroatoms. The summed E-state index contributed by atoms with van der Waals surface area (Å²) in [6, 6.07) is 9.84. The van der Waals surface area contributed by atoms with E-state index < -0.39 is 5.63 Å². The summed E-state index contributed by atoms with van der Waals surface area (Å²) in [6.45, 7) is 8.21. The van der Waals surface area contributed by atoms with Crippen LogP contribution in [-0.4, -0.2) is 24.0 Å². The van der Waals surface area contributed by atoms with Gasteiger partial charge in [-0.05, 0) is 67.3 Å². The Morgan fingerprint density at radius 1 is 1.21 bits per heavy atom. The second-order valence-electron chi connectivity index (χ2n) is 8.18. The van der Waals surface area contributed by atoms with Gasteiger partial charge in [0, 0.05) is 35.1 Å². The standard InChI is InChI=1S/C26H25FN2O4/c1-15(2)14-32-19-5-6-20-16(3)21(26(31)33-24(20)11-19)12-25(30)28-9-8-17-13-29-23-7-4-18(27)10-22(17)23/h4-7,10-11,13,29H,1,8-9,12,14H2,2-3H3,(H,28,30). The largest absolute Gasteiger partial charge is 0.489 e. The Balaban J connectivity index is 1.43. The highest BCUT2D eigenvalue weighted by Crippen LogP contribution is 2.25. The van der Waals surface area contributed by atoms with Crippen LogP contribution in [0.15, 0.2) is 64.0 Å². The number of H-pyrrole nitrogens is 1. The Labute approximate surface area is 190 Å². The zero-order valence-electron chi connectivity index (χ0n) is 18.6. The smallest absolute Gasteiger partial charge is 0.340 e.